The summed E-state index contributed by atoms with van der Waals surface area (Å²) in [5.41, 5.74) is 6.52. The molecule has 4 nitrogen and oxygen atoms in total. The zero-order chi connectivity index (χ0) is 13.3. The smallest absolute Gasteiger partial charge is 0.233 e. The molecule has 1 unspecified atom stereocenters. The van der Waals surface area contributed by atoms with Gasteiger partial charge in [0.1, 0.15) is 0 Å². The van der Waals surface area contributed by atoms with Crippen molar-refractivity contribution < 1.29 is 9.53 Å². The van der Waals surface area contributed by atoms with Gasteiger partial charge in [-0.1, -0.05) is 30.3 Å². The highest BCUT2D eigenvalue weighted by Crippen LogP contribution is 2.49. The third-order valence-corrected chi connectivity index (χ3v) is 4.17. The van der Waals surface area contributed by atoms with Crippen LogP contribution in [0.2, 0.25) is 0 Å². The minimum absolute atomic E-state index is 0. The Morgan fingerprint density at radius 3 is 2.65 bits per heavy atom. The average molecular weight is 297 g/mol. The van der Waals surface area contributed by atoms with E-state index < -0.39 is 0 Å². The summed E-state index contributed by atoms with van der Waals surface area (Å²) in [5, 5.41) is 0. The van der Waals surface area contributed by atoms with Crippen LogP contribution in [0.5, 0.6) is 0 Å². The Bertz CT molecular complexity index is 462. The molecule has 0 radical (unpaired) electrons. The highest BCUT2D eigenvalue weighted by molar-refractivity contribution is 5.91. The number of carbonyl (C=O) groups excluding carboxylic acids is 1. The number of hydrogen-bond acceptors (Lipinski definition) is 3. The van der Waals surface area contributed by atoms with E-state index in [1.165, 1.54) is 0 Å². The third kappa shape index (κ3) is 2.68. The molecule has 1 amide bonds. The fourth-order valence-corrected chi connectivity index (χ4v) is 2.86. The number of halogens is 1. The van der Waals surface area contributed by atoms with Crippen LogP contribution in [0, 0.1) is 0 Å². The first kappa shape index (κ1) is 15.3. The maximum atomic E-state index is 12.8. The molecule has 1 atom stereocenters. The number of benzene rings is 1. The van der Waals surface area contributed by atoms with Crippen LogP contribution < -0.4 is 5.73 Å². The van der Waals surface area contributed by atoms with Crippen LogP contribution in [-0.2, 0) is 14.9 Å². The summed E-state index contributed by atoms with van der Waals surface area (Å²) in [6.45, 7) is 2.38. The van der Waals surface area contributed by atoms with E-state index in [0.717, 1.165) is 18.4 Å². The number of morpholine rings is 1. The largest absolute Gasteiger partial charge is 0.373 e. The Balaban J connectivity index is 0.00000147. The van der Waals surface area contributed by atoms with Crippen LogP contribution >= 0.6 is 12.4 Å². The van der Waals surface area contributed by atoms with Crippen molar-refractivity contribution in [1.29, 1.82) is 0 Å². The standard InChI is InChI=1S/C15H20N2O2.ClH/c16-10-13-11-17(8-9-19-13)14(18)15(6-7-15)12-4-2-1-3-5-12;/h1-5,13H,6-11,16H2;1H. The quantitative estimate of drug-likeness (QED) is 0.915. The van der Waals surface area contributed by atoms with E-state index in [4.69, 9.17) is 10.5 Å². The summed E-state index contributed by atoms with van der Waals surface area (Å²) >= 11 is 0. The summed E-state index contributed by atoms with van der Waals surface area (Å²) in [4.78, 5) is 14.7. The summed E-state index contributed by atoms with van der Waals surface area (Å²) in [7, 11) is 0. The number of nitrogens with two attached hydrogens (primary N) is 1. The molecule has 0 spiro atoms. The first-order valence-corrected chi connectivity index (χ1v) is 6.93. The molecule has 1 saturated carbocycles. The summed E-state index contributed by atoms with van der Waals surface area (Å²) in [6, 6.07) is 10.1. The third-order valence-electron chi connectivity index (χ3n) is 4.17. The van der Waals surface area contributed by atoms with E-state index in [0.29, 0.717) is 26.2 Å². The van der Waals surface area contributed by atoms with Gasteiger partial charge in [-0.3, -0.25) is 4.79 Å². The molecule has 1 aromatic rings. The molecule has 5 heteroatoms. The van der Waals surface area contributed by atoms with Crippen molar-refractivity contribution in [2.75, 3.05) is 26.2 Å². The van der Waals surface area contributed by atoms with Gasteiger partial charge in [-0.05, 0) is 18.4 Å². The first-order valence-electron chi connectivity index (χ1n) is 6.93. The minimum Gasteiger partial charge on any atom is -0.373 e. The maximum Gasteiger partial charge on any atom is 0.233 e. The molecule has 110 valence electrons. The van der Waals surface area contributed by atoms with Gasteiger partial charge >= 0.3 is 0 Å². The normalized spacial score (nSPS) is 23.9. The Labute approximate surface area is 125 Å². The molecule has 20 heavy (non-hydrogen) atoms. The zero-order valence-electron chi connectivity index (χ0n) is 11.5. The van der Waals surface area contributed by atoms with Gasteiger partial charge in [0, 0.05) is 19.6 Å². The van der Waals surface area contributed by atoms with Crippen molar-refractivity contribution in [1.82, 2.24) is 4.90 Å². The Kier molecular flexibility index (Phi) is 4.68. The van der Waals surface area contributed by atoms with Gasteiger partial charge in [0.15, 0.2) is 0 Å². The van der Waals surface area contributed by atoms with Crippen LogP contribution in [-0.4, -0.2) is 43.2 Å². The van der Waals surface area contributed by atoms with Gasteiger partial charge < -0.3 is 15.4 Å². The second-order valence-electron chi connectivity index (χ2n) is 5.43. The second-order valence-corrected chi connectivity index (χ2v) is 5.43. The number of nitrogens with zero attached hydrogens (tertiary/aromatic N) is 1. The lowest BCUT2D eigenvalue weighted by molar-refractivity contribution is -0.141. The fraction of sp³-hybridized carbons (Fsp3) is 0.533. The van der Waals surface area contributed by atoms with E-state index >= 15 is 0 Å². The lowest BCUT2D eigenvalue weighted by Gasteiger charge is -2.35. The number of rotatable bonds is 3. The number of hydrogen-bond donors (Lipinski definition) is 1. The average Bonchev–Trinajstić information content (AvgIpc) is 3.29. The molecule has 2 aliphatic rings. The molecule has 0 bridgehead atoms. The molecule has 1 aliphatic heterocycles. The van der Waals surface area contributed by atoms with Crippen LogP contribution in [0.1, 0.15) is 18.4 Å². The van der Waals surface area contributed by atoms with Crippen LogP contribution in [0.15, 0.2) is 30.3 Å². The monoisotopic (exact) mass is 296 g/mol. The Morgan fingerprint density at radius 1 is 1.35 bits per heavy atom. The molecule has 1 heterocycles. The summed E-state index contributed by atoms with van der Waals surface area (Å²) in [5.74, 6) is 0.250. The number of ether oxygens (including phenoxy) is 1. The molecule has 3 rings (SSSR count). The summed E-state index contributed by atoms with van der Waals surface area (Å²) < 4.78 is 5.53. The molecular formula is C15H21ClN2O2. The van der Waals surface area contributed by atoms with Gasteiger partial charge in [0.25, 0.3) is 0 Å². The van der Waals surface area contributed by atoms with Crippen molar-refractivity contribution in [2.45, 2.75) is 24.4 Å². The van der Waals surface area contributed by atoms with E-state index in [2.05, 4.69) is 12.1 Å². The van der Waals surface area contributed by atoms with Crippen molar-refractivity contribution in [3.05, 3.63) is 35.9 Å². The predicted octanol–water partition coefficient (Wildman–Crippen LogP) is 1.33. The Hall–Kier alpha value is -1.10. The highest BCUT2D eigenvalue weighted by Gasteiger charge is 2.53. The van der Waals surface area contributed by atoms with Crippen LogP contribution in [0.4, 0.5) is 0 Å². The van der Waals surface area contributed by atoms with E-state index in [1.807, 2.05) is 23.1 Å². The van der Waals surface area contributed by atoms with Crippen molar-refractivity contribution >= 4 is 18.3 Å². The van der Waals surface area contributed by atoms with E-state index in [1.54, 1.807) is 0 Å². The van der Waals surface area contributed by atoms with Gasteiger partial charge in [0.2, 0.25) is 5.91 Å². The first-order chi connectivity index (χ1) is 9.26. The van der Waals surface area contributed by atoms with Crippen LogP contribution in [0.3, 0.4) is 0 Å². The maximum absolute atomic E-state index is 12.8. The van der Waals surface area contributed by atoms with Crippen molar-refractivity contribution in [3.63, 3.8) is 0 Å². The zero-order valence-corrected chi connectivity index (χ0v) is 12.3. The molecule has 1 aromatic carbocycles. The van der Waals surface area contributed by atoms with E-state index in [-0.39, 0.29) is 29.8 Å². The molecule has 0 aromatic heterocycles. The van der Waals surface area contributed by atoms with Crippen molar-refractivity contribution in [2.24, 2.45) is 5.73 Å². The number of amides is 1. The van der Waals surface area contributed by atoms with Gasteiger partial charge in [0.05, 0.1) is 18.1 Å². The number of carbonyl (C=O) groups is 1. The summed E-state index contributed by atoms with van der Waals surface area (Å²) in [6.07, 6.45) is 1.91. The van der Waals surface area contributed by atoms with Gasteiger partial charge in [-0.15, -0.1) is 12.4 Å². The SMILES string of the molecule is Cl.NCC1CN(C(=O)C2(c3ccccc3)CC2)CCO1. The van der Waals surface area contributed by atoms with Gasteiger partial charge in [-0.2, -0.15) is 0 Å². The van der Waals surface area contributed by atoms with Gasteiger partial charge in [-0.25, -0.2) is 0 Å². The van der Waals surface area contributed by atoms with E-state index in [9.17, 15) is 4.79 Å². The Morgan fingerprint density at radius 2 is 2.05 bits per heavy atom. The fourth-order valence-electron chi connectivity index (χ4n) is 2.86. The molecule has 1 saturated heterocycles. The topological polar surface area (TPSA) is 55.6 Å². The lowest BCUT2D eigenvalue weighted by Crippen LogP contribution is -2.51. The minimum atomic E-state index is -0.266. The molecular weight excluding hydrogens is 276 g/mol. The molecule has 2 fully saturated rings. The van der Waals surface area contributed by atoms with Crippen molar-refractivity contribution in [3.8, 4) is 0 Å². The predicted molar refractivity (Wildman–Crippen MR) is 80.0 cm³/mol. The lowest BCUT2D eigenvalue weighted by atomic mass is 9.94. The van der Waals surface area contributed by atoms with Crippen LogP contribution in [0.25, 0.3) is 0 Å². The molecule has 1 aliphatic carbocycles. The molecule has 2 N–H and O–H groups in total. The second kappa shape index (κ2) is 6.12. The highest BCUT2D eigenvalue weighted by atomic mass is 35.5.